The maximum atomic E-state index is 12.9. The van der Waals surface area contributed by atoms with Gasteiger partial charge < -0.3 is 9.64 Å². The third-order valence-electron chi connectivity index (χ3n) is 3.90. The van der Waals surface area contributed by atoms with Crippen LogP contribution in [0.3, 0.4) is 0 Å². The number of nitrogens with zero attached hydrogens (tertiary/aromatic N) is 4. The van der Waals surface area contributed by atoms with Crippen molar-refractivity contribution >= 4 is 56.8 Å². The maximum absolute atomic E-state index is 12.9. The van der Waals surface area contributed by atoms with E-state index in [9.17, 15) is 18.0 Å². The first-order valence-electron chi connectivity index (χ1n) is 8.85. The summed E-state index contributed by atoms with van der Waals surface area (Å²) in [6, 6.07) is 7.59. The molecule has 0 saturated carbocycles. The van der Waals surface area contributed by atoms with E-state index in [2.05, 4.69) is 14.7 Å². The van der Waals surface area contributed by atoms with Crippen molar-refractivity contribution in [3.8, 4) is 5.75 Å². The predicted molar refractivity (Wildman–Crippen MR) is 119 cm³/mol. The Morgan fingerprint density at radius 2 is 1.87 bits per heavy atom. The standard InChI is InChI=1S/C19H19F3N4O2S2.ClH/c1-25(2)9-10-26(17(27)12-29-14-5-7-23-8-6-14)18-24-15-4-3-13(11-16(15)30-18)28-19(20,21)22;/h3-8,11H,9-10,12H2,1-2H3;1H. The summed E-state index contributed by atoms with van der Waals surface area (Å²) in [4.78, 5) is 25.8. The van der Waals surface area contributed by atoms with Crippen molar-refractivity contribution < 1.29 is 22.7 Å². The van der Waals surface area contributed by atoms with Crippen molar-refractivity contribution in [2.45, 2.75) is 11.3 Å². The van der Waals surface area contributed by atoms with Crippen LogP contribution < -0.4 is 9.64 Å². The molecule has 6 nitrogen and oxygen atoms in total. The molecular weight excluding hydrogens is 473 g/mol. The Hall–Kier alpha value is -2.08. The number of likely N-dealkylation sites (N-methyl/N-ethyl adjacent to an activating group) is 1. The van der Waals surface area contributed by atoms with Gasteiger partial charge in [0.2, 0.25) is 5.91 Å². The molecule has 0 aliphatic rings. The lowest BCUT2D eigenvalue weighted by Gasteiger charge is -2.21. The molecule has 0 aliphatic carbocycles. The van der Waals surface area contributed by atoms with Gasteiger partial charge in [0.05, 0.1) is 16.0 Å². The fourth-order valence-electron chi connectivity index (χ4n) is 2.49. The summed E-state index contributed by atoms with van der Waals surface area (Å²) in [6.07, 6.45) is -1.45. The van der Waals surface area contributed by atoms with E-state index < -0.39 is 6.36 Å². The highest BCUT2D eigenvalue weighted by Crippen LogP contribution is 2.33. The number of hydrogen-bond acceptors (Lipinski definition) is 7. The third kappa shape index (κ3) is 7.53. The molecule has 1 aromatic carbocycles. The van der Waals surface area contributed by atoms with Crippen molar-refractivity contribution in [3.63, 3.8) is 0 Å². The number of ether oxygens (including phenoxy) is 1. The maximum Gasteiger partial charge on any atom is 0.573 e. The van der Waals surface area contributed by atoms with Crippen molar-refractivity contribution in [2.75, 3.05) is 37.8 Å². The summed E-state index contributed by atoms with van der Waals surface area (Å²) in [7, 11) is 3.79. The van der Waals surface area contributed by atoms with Gasteiger partial charge in [0.25, 0.3) is 0 Å². The minimum atomic E-state index is -4.76. The van der Waals surface area contributed by atoms with Crippen molar-refractivity contribution in [1.82, 2.24) is 14.9 Å². The second kappa shape index (κ2) is 11.0. The summed E-state index contributed by atoms with van der Waals surface area (Å²) in [5.41, 5.74) is 0.508. The lowest BCUT2D eigenvalue weighted by molar-refractivity contribution is -0.274. The first kappa shape index (κ1) is 25.2. The van der Waals surface area contributed by atoms with Crippen molar-refractivity contribution in [1.29, 1.82) is 0 Å². The molecule has 31 heavy (non-hydrogen) atoms. The highest BCUT2D eigenvalue weighted by molar-refractivity contribution is 8.00. The van der Waals surface area contributed by atoms with Crippen LogP contribution in [0.4, 0.5) is 18.3 Å². The number of pyridine rings is 1. The first-order chi connectivity index (χ1) is 14.2. The van der Waals surface area contributed by atoms with Crippen LogP contribution in [0.1, 0.15) is 0 Å². The zero-order chi connectivity index (χ0) is 21.7. The summed E-state index contributed by atoms with van der Waals surface area (Å²) in [5, 5.41) is 0.441. The molecule has 0 saturated heterocycles. The number of anilines is 1. The molecule has 0 unspecified atom stereocenters. The largest absolute Gasteiger partial charge is 0.573 e. The van der Waals surface area contributed by atoms with Gasteiger partial charge in [-0.1, -0.05) is 11.3 Å². The van der Waals surface area contributed by atoms with E-state index >= 15 is 0 Å². The van der Waals surface area contributed by atoms with Crippen LogP contribution in [0, 0.1) is 0 Å². The number of thiazole rings is 1. The van der Waals surface area contributed by atoms with Gasteiger partial charge in [-0.25, -0.2) is 4.98 Å². The minimum absolute atomic E-state index is 0. The molecule has 1 amide bonds. The van der Waals surface area contributed by atoms with E-state index in [1.807, 2.05) is 31.1 Å². The Balaban J connectivity index is 0.00000341. The van der Waals surface area contributed by atoms with Crippen LogP contribution in [-0.4, -0.2) is 60.1 Å². The molecule has 0 radical (unpaired) electrons. The van der Waals surface area contributed by atoms with E-state index in [0.717, 1.165) is 16.2 Å². The third-order valence-corrected chi connectivity index (χ3v) is 5.93. The average molecular weight is 493 g/mol. The second-order valence-corrected chi connectivity index (χ2v) is 8.55. The van der Waals surface area contributed by atoms with E-state index in [-0.39, 0.29) is 29.8 Å². The quantitative estimate of drug-likeness (QED) is 0.425. The number of carbonyl (C=O) groups excluding carboxylic acids is 1. The summed E-state index contributed by atoms with van der Waals surface area (Å²) >= 11 is 2.54. The lowest BCUT2D eigenvalue weighted by Crippen LogP contribution is -2.37. The molecule has 12 heteroatoms. The minimum Gasteiger partial charge on any atom is -0.406 e. The number of thioether (sulfide) groups is 1. The fourth-order valence-corrected chi connectivity index (χ4v) is 4.29. The molecule has 3 rings (SSSR count). The molecule has 0 spiro atoms. The second-order valence-electron chi connectivity index (χ2n) is 6.49. The van der Waals surface area contributed by atoms with E-state index in [4.69, 9.17) is 0 Å². The normalized spacial score (nSPS) is 11.4. The summed E-state index contributed by atoms with van der Waals surface area (Å²) in [5.74, 6) is -0.246. The van der Waals surface area contributed by atoms with Gasteiger partial charge in [0.1, 0.15) is 5.75 Å². The topological polar surface area (TPSA) is 58.6 Å². The monoisotopic (exact) mass is 492 g/mol. The fraction of sp³-hybridized carbons (Fsp3) is 0.316. The van der Waals surface area contributed by atoms with Gasteiger partial charge in [0.15, 0.2) is 5.13 Å². The van der Waals surface area contributed by atoms with Gasteiger partial charge in [0, 0.05) is 36.4 Å². The number of alkyl halides is 3. The number of hydrogen-bond donors (Lipinski definition) is 0. The predicted octanol–water partition coefficient (Wildman–Crippen LogP) is 4.70. The highest BCUT2D eigenvalue weighted by Gasteiger charge is 2.31. The van der Waals surface area contributed by atoms with Crippen LogP contribution in [0.5, 0.6) is 5.75 Å². The van der Waals surface area contributed by atoms with Crippen molar-refractivity contribution in [3.05, 3.63) is 42.7 Å². The van der Waals surface area contributed by atoms with Gasteiger partial charge in [-0.3, -0.25) is 14.7 Å². The molecule has 0 bridgehead atoms. The Bertz CT molecular complexity index is 1000. The zero-order valence-corrected chi connectivity index (χ0v) is 19.1. The van der Waals surface area contributed by atoms with Crippen LogP contribution >= 0.6 is 35.5 Å². The molecular formula is C19H20ClF3N4O2S2. The molecule has 0 aliphatic heterocycles. The van der Waals surface area contributed by atoms with Gasteiger partial charge >= 0.3 is 6.36 Å². The summed E-state index contributed by atoms with van der Waals surface area (Å²) in [6.45, 7) is 1.03. The summed E-state index contributed by atoms with van der Waals surface area (Å²) < 4.78 is 41.9. The van der Waals surface area contributed by atoms with Gasteiger partial charge in [-0.2, -0.15) is 0 Å². The number of rotatable bonds is 8. The molecule has 0 fully saturated rings. The average Bonchev–Trinajstić information content (AvgIpc) is 3.08. The number of fused-ring (bicyclic) bond motifs is 1. The zero-order valence-electron chi connectivity index (χ0n) is 16.6. The Kier molecular flexibility index (Phi) is 8.92. The number of benzene rings is 1. The Morgan fingerprint density at radius 1 is 1.16 bits per heavy atom. The van der Waals surface area contributed by atoms with E-state index in [1.54, 1.807) is 17.3 Å². The van der Waals surface area contributed by atoms with Crippen LogP contribution in [0.15, 0.2) is 47.6 Å². The van der Waals surface area contributed by atoms with Crippen LogP contribution in [0.25, 0.3) is 10.2 Å². The molecule has 3 aromatic rings. The molecule has 2 aromatic heterocycles. The number of carbonyl (C=O) groups is 1. The Labute approximate surface area is 191 Å². The number of aromatic nitrogens is 2. The van der Waals surface area contributed by atoms with Crippen molar-refractivity contribution in [2.24, 2.45) is 0 Å². The smallest absolute Gasteiger partial charge is 0.406 e. The highest BCUT2D eigenvalue weighted by atomic mass is 35.5. The molecule has 0 atom stereocenters. The van der Waals surface area contributed by atoms with Crippen LogP contribution in [0.2, 0.25) is 0 Å². The molecule has 168 valence electrons. The Morgan fingerprint density at radius 3 is 2.52 bits per heavy atom. The van der Waals surface area contributed by atoms with E-state index in [0.29, 0.717) is 28.4 Å². The number of amides is 1. The molecule has 2 heterocycles. The first-order valence-corrected chi connectivity index (χ1v) is 10.7. The molecule has 0 N–H and O–H groups in total. The van der Waals surface area contributed by atoms with Crippen LogP contribution in [-0.2, 0) is 4.79 Å². The number of halogens is 4. The van der Waals surface area contributed by atoms with E-state index in [1.165, 1.54) is 30.0 Å². The van der Waals surface area contributed by atoms with Gasteiger partial charge in [-0.15, -0.1) is 37.3 Å². The lowest BCUT2D eigenvalue weighted by atomic mass is 10.3. The van der Waals surface area contributed by atoms with Gasteiger partial charge in [-0.05, 0) is 38.4 Å². The SMILES string of the molecule is CN(C)CCN(C(=O)CSc1ccncc1)c1nc2ccc(OC(F)(F)F)cc2s1.Cl.